The lowest BCUT2D eigenvalue weighted by Crippen LogP contribution is -2.21. The van der Waals surface area contributed by atoms with Gasteiger partial charge in [-0.15, -0.1) is 0 Å². The van der Waals surface area contributed by atoms with E-state index in [0.717, 1.165) is 5.56 Å². The molecule has 0 radical (unpaired) electrons. The minimum absolute atomic E-state index is 0.254. The average molecular weight is 344 g/mol. The highest BCUT2D eigenvalue weighted by Gasteiger charge is 2.08. The zero-order chi connectivity index (χ0) is 17.4. The second-order valence-electron chi connectivity index (χ2n) is 4.71. The minimum Gasteiger partial charge on any atom is -0.452 e. The second-order valence-corrected chi connectivity index (χ2v) is 5.49. The van der Waals surface area contributed by atoms with Gasteiger partial charge in [0.05, 0.1) is 0 Å². The topological polar surface area (TPSA) is 84.5 Å². The van der Waals surface area contributed by atoms with Crippen molar-refractivity contribution in [2.45, 2.75) is 0 Å². The Hall–Kier alpha value is -2.93. The van der Waals surface area contributed by atoms with Crippen LogP contribution in [0.1, 0.15) is 15.9 Å². The van der Waals surface area contributed by atoms with Crippen molar-refractivity contribution in [2.75, 3.05) is 19.0 Å². The van der Waals surface area contributed by atoms with Gasteiger partial charge in [-0.05, 0) is 46.7 Å². The highest BCUT2D eigenvalue weighted by atomic mass is 32.1. The number of carbonyl (C=O) groups is 3. The van der Waals surface area contributed by atoms with Crippen molar-refractivity contribution in [1.82, 2.24) is 5.32 Å². The third kappa shape index (κ3) is 5.36. The molecule has 0 atom stereocenters. The van der Waals surface area contributed by atoms with Gasteiger partial charge in [0.1, 0.15) is 0 Å². The van der Waals surface area contributed by atoms with Crippen LogP contribution < -0.4 is 10.6 Å². The molecule has 0 aliphatic carbocycles. The summed E-state index contributed by atoms with van der Waals surface area (Å²) in [4.78, 5) is 34.9. The highest BCUT2D eigenvalue weighted by molar-refractivity contribution is 7.08. The maximum atomic E-state index is 11.8. The van der Waals surface area contributed by atoms with Crippen LogP contribution >= 0.6 is 11.3 Å². The second kappa shape index (κ2) is 8.64. The van der Waals surface area contributed by atoms with E-state index in [1.165, 1.54) is 30.5 Å². The predicted molar refractivity (Wildman–Crippen MR) is 92.8 cm³/mol. The summed E-state index contributed by atoms with van der Waals surface area (Å²) in [6.45, 7) is -0.406. The molecule has 0 fully saturated rings. The van der Waals surface area contributed by atoms with Gasteiger partial charge in [0.2, 0.25) is 0 Å². The molecule has 24 heavy (non-hydrogen) atoms. The van der Waals surface area contributed by atoms with Gasteiger partial charge >= 0.3 is 5.97 Å². The number of hydrogen-bond donors (Lipinski definition) is 2. The summed E-state index contributed by atoms with van der Waals surface area (Å²) in [6, 6.07) is 8.32. The van der Waals surface area contributed by atoms with Gasteiger partial charge in [-0.25, -0.2) is 4.79 Å². The minimum atomic E-state index is -0.601. The van der Waals surface area contributed by atoms with Gasteiger partial charge in [-0.2, -0.15) is 11.3 Å². The van der Waals surface area contributed by atoms with E-state index in [-0.39, 0.29) is 5.91 Å². The van der Waals surface area contributed by atoms with E-state index in [1.54, 1.807) is 24.3 Å². The normalized spacial score (nSPS) is 10.4. The van der Waals surface area contributed by atoms with Crippen LogP contribution in [0.15, 0.2) is 47.2 Å². The van der Waals surface area contributed by atoms with Gasteiger partial charge in [0.25, 0.3) is 11.8 Å². The molecule has 0 unspecified atom stereocenters. The van der Waals surface area contributed by atoms with Crippen LogP contribution in [0.3, 0.4) is 0 Å². The van der Waals surface area contributed by atoms with E-state index >= 15 is 0 Å². The number of amides is 2. The third-order valence-corrected chi connectivity index (χ3v) is 3.64. The first-order chi connectivity index (χ1) is 11.6. The zero-order valence-corrected chi connectivity index (χ0v) is 13.8. The Bertz CT molecular complexity index is 754. The van der Waals surface area contributed by atoms with Crippen molar-refractivity contribution in [1.29, 1.82) is 0 Å². The lowest BCUT2D eigenvalue weighted by Gasteiger charge is -2.07. The number of anilines is 1. The number of carbonyl (C=O) groups excluding carboxylic acids is 3. The van der Waals surface area contributed by atoms with E-state index in [0.29, 0.717) is 11.3 Å². The molecule has 0 spiro atoms. The Morgan fingerprint density at radius 1 is 1.25 bits per heavy atom. The van der Waals surface area contributed by atoms with Crippen LogP contribution in [-0.2, 0) is 14.3 Å². The summed E-state index contributed by atoms with van der Waals surface area (Å²) in [7, 11) is 1.52. The molecule has 0 bridgehead atoms. The fraction of sp³-hybridized carbons (Fsp3) is 0.118. The maximum Gasteiger partial charge on any atom is 0.331 e. The van der Waals surface area contributed by atoms with Crippen molar-refractivity contribution < 1.29 is 19.1 Å². The molecule has 2 N–H and O–H groups in total. The van der Waals surface area contributed by atoms with Crippen LogP contribution in [0.25, 0.3) is 6.08 Å². The first-order valence-electron chi connectivity index (χ1n) is 7.07. The van der Waals surface area contributed by atoms with Crippen molar-refractivity contribution >= 4 is 40.9 Å². The van der Waals surface area contributed by atoms with Crippen LogP contribution in [0.2, 0.25) is 0 Å². The molecule has 2 rings (SSSR count). The molecule has 1 aromatic heterocycles. The van der Waals surface area contributed by atoms with Crippen molar-refractivity contribution in [3.8, 4) is 0 Å². The number of ether oxygens (including phenoxy) is 1. The molecule has 0 aliphatic heterocycles. The molecule has 6 nitrogen and oxygen atoms in total. The van der Waals surface area contributed by atoms with Crippen LogP contribution in [0, 0.1) is 0 Å². The van der Waals surface area contributed by atoms with Gasteiger partial charge < -0.3 is 15.4 Å². The monoisotopic (exact) mass is 344 g/mol. The predicted octanol–water partition coefficient (Wildman–Crippen LogP) is 2.30. The molecule has 7 heteroatoms. The highest BCUT2D eigenvalue weighted by Crippen LogP contribution is 2.11. The van der Waals surface area contributed by atoms with Gasteiger partial charge in [-0.1, -0.05) is 6.07 Å². The van der Waals surface area contributed by atoms with Crippen LogP contribution in [-0.4, -0.2) is 31.4 Å². The molecule has 2 amide bonds. The summed E-state index contributed by atoms with van der Waals surface area (Å²) < 4.78 is 4.86. The van der Waals surface area contributed by atoms with E-state index in [1.807, 2.05) is 16.8 Å². The van der Waals surface area contributed by atoms with E-state index in [4.69, 9.17) is 4.74 Å². The molecule has 124 valence electrons. The number of rotatable bonds is 6. The van der Waals surface area contributed by atoms with Gasteiger partial charge in [-0.3, -0.25) is 9.59 Å². The Morgan fingerprint density at radius 3 is 2.79 bits per heavy atom. The molecule has 2 aromatic rings. The summed E-state index contributed by atoms with van der Waals surface area (Å²) in [5.41, 5.74) is 1.77. The summed E-state index contributed by atoms with van der Waals surface area (Å²) in [6.07, 6.45) is 2.88. The van der Waals surface area contributed by atoms with Crippen LogP contribution in [0.5, 0.6) is 0 Å². The molecule has 0 saturated carbocycles. The fourth-order valence-electron chi connectivity index (χ4n) is 1.80. The molecular formula is C17H16N2O4S. The molecule has 0 aliphatic rings. The largest absolute Gasteiger partial charge is 0.452 e. The Morgan fingerprint density at radius 2 is 2.08 bits per heavy atom. The number of benzene rings is 1. The number of esters is 1. The number of nitrogens with one attached hydrogen (secondary N) is 2. The quantitative estimate of drug-likeness (QED) is 0.622. The molecule has 0 saturated heterocycles. The van der Waals surface area contributed by atoms with Crippen molar-refractivity contribution in [2.24, 2.45) is 0 Å². The fourth-order valence-corrected chi connectivity index (χ4v) is 2.43. The van der Waals surface area contributed by atoms with Crippen LogP contribution in [0.4, 0.5) is 5.69 Å². The van der Waals surface area contributed by atoms with Gasteiger partial charge in [0.15, 0.2) is 6.61 Å². The third-order valence-electron chi connectivity index (χ3n) is 2.94. The standard InChI is InChI=1S/C17H16N2O4S/c1-18-17(22)13-3-2-4-14(9-13)19-15(20)10-23-16(21)6-5-12-7-8-24-11-12/h2-9,11H,10H2,1H3,(H,18,22)(H,19,20)/b6-5+. The van der Waals surface area contributed by atoms with Crippen molar-refractivity contribution in [3.05, 3.63) is 58.3 Å². The summed E-state index contributed by atoms with van der Waals surface area (Å²) in [5, 5.41) is 8.85. The Kier molecular flexibility index (Phi) is 6.27. The smallest absolute Gasteiger partial charge is 0.331 e. The van der Waals surface area contributed by atoms with Crippen molar-refractivity contribution in [3.63, 3.8) is 0 Å². The molecule has 1 aromatic carbocycles. The van der Waals surface area contributed by atoms with Gasteiger partial charge in [0, 0.05) is 24.4 Å². The lowest BCUT2D eigenvalue weighted by molar-refractivity contribution is -0.142. The SMILES string of the molecule is CNC(=O)c1cccc(NC(=O)COC(=O)/C=C/c2ccsc2)c1. The summed E-state index contributed by atoms with van der Waals surface area (Å²) in [5.74, 6) is -1.34. The number of thiophene rings is 1. The Balaban J connectivity index is 1.83. The lowest BCUT2D eigenvalue weighted by atomic mass is 10.2. The first kappa shape index (κ1) is 17.4. The Labute approximate surface area is 143 Å². The maximum absolute atomic E-state index is 11.8. The summed E-state index contributed by atoms with van der Waals surface area (Å²) >= 11 is 1.52. The van der Waals surface area contributed by atoms with E-state index in [9.17, 15) is 14.4 Å². The first-order valence-corrected chi connectivity index (χ1v) is 8.02. The van der Waals surface area contributed by atoms with E-state index in [2.05, 4.69) is 10.6 Å². The van der Waals surface area contributed by atoms with E-state index < -0.39 is 18.5 Å². The average Bonchev–Trinajstić information content (AvgIpc) is 3.11. The zero-order valence-electron chi connectivity index (χ0n) is 12.9. The molecule has 1 heterocycles. The number of hydrogen-bond acceptors (Lipinski definition) is 5. The molecular weight excluding hydrogens is 328 g/mol.